The first kappa shape index (κ1) is 25.5. The summed E-state index contributed by atoms with van der Waals surface area (Å²) in [6.07, 6.45) is 10.6. The monoisotopic (exact) mass is 408 g/mol. The minimum absolute atomic E-state index is 0.165. The van der Waals surface area contributed by atoms with Gasteiger partial charge in [0.25, 0.3) is 0 Å². The van der Waals surface area contributed by atoms with Crippen molar-refractivity contribution in [2.24, 2.45) is 0 Å². The Kier molecular flexibility index (Phi) is 12.6. The fourth-order valence-electron chi connectivity index (χ4n) is 2.27. The van der Waals surface area contributed by atoms with Crippen LogP contribution in [0.3, 0.4) is 0 Å². The molecular formula is C18H34O6P2. The minimum atomic E-state index is -4.52. The molecule has 3 N–H and O–H groups in total. The van der Waals surface area contributed by atoms with Crippen LogP contribution in [0.5, 0.6) is 0 Å². The molecule has 6 nitrogen and oxygen atoms in total. The van der Waals surface area contributed by atoms with Crippen molar-refractivity contribution in [3.8, 4) is 0 Å². The Balaban J connectivity index is 4.28. The maximum atomic E-state index is 11.6. The van der Waals surface area contributed by atoms with E-state index in [1.165, 1.54) is 16.7 Å². The molecule has 0 aliphatic heterocycles. The Morgan fingerprint density at radius 3 is 2.15 bits per heavy atom. The summed E-state index contributed by atoms with van der Waals surface area (Å²) >= 11 is 0. The Morgan fingerprint density at radius 2 is 1.62 bits per heavy atom. The third-order valence-electron chi connectivity index (χ3n) is 4.01. The second-order valence-electron chi connectivity index (χ2n) is 6.59. The first-order chi connectivity index (χ1) is 12.0. The summed E-state index contributed by atoms with van der Waals surface area (Å²) in [5.74, 6) is -1.04. The molecule has 0 aromatic heterocycles. The van der Waals surface area contributed by atoms with Crippen molar-refractivity contribution in [2.45, 2.75) is 59.8 Å². The van der Waals surface area contributed by atoms with Gasteiger partial charge in [-0.3, -0.25) is 9.13 Å². The minimum Gasteiger partial charge on any atom is -0.367 e. The summed E-state index contributed by atoms with van der Waals surface area (Å²) in [5.41, 5.74) is 3.96. The molecule has 26 heavy (non-hydrogen) atoms. The third-order valence-corrected chi connectivity index (χ3v) is 7.83. The highest BCUT2D eigenvalue weighted by Gasteiger charge is 2.29. The van der Waals surface area contributed by atoms with Crippen LogP contribution in [0, 0.1) is 0 Å². The molecule has 152 valence electrons. The number of allylic oxidation sites excluding steroid dienone is 5. The van der Waals surface area contributed by atoms with Crippen LogP contribution < -0.4 is 0 Å². The predicted molar refractivity (Wildman–Crippen MR) is 108 cm³/mol. The predicted octanol–water partition coefficient (Wildman–Crippen LogP) is 5.18. The summed E-state index contributed by atoms with van der Waals surface area (Å²) < 4.78 is 27.5. The second-order valence-corrected chi connectivity index (χ2v) is 11.0. The van der Waals surface area contributed by atoms with Crippen LogP contribution in [0.1, 0.15) is 59.8 Å². The zero-order valence-corrected chi connectivity index (χ0v) is 18.1. The van der Waals surface area contributed by atoms with Crippen LogP contribution in [0.25, 0.3) is 0 Å². The first-order valence-corrected chi connectivity index (χ1v) is 12.7. The van der Waals surface area contributed by atoms with E-state index in [4.69, 9.17) is 14.5 Å². The molecule has 0 spiro atoms. The van der Waals surface area contributed by atoms with Crippen molar-refractivity contribution in [3.63, 3.8) is 0 Å². The smallest absolute Gasteiger partial charge is 0.335 e. The fraction of sp³-hybridized carbons (Fsp3) is 0.667. The van der Waals surface area contributed by atoms with Crippen LogP contribution in [-0.4, -0.2) is 33.5 Å². The van der Waals surface area contributed by atoms with Gasteiger partial charge in [0.15, 0.2) is 0 Å². The van der Waals surface area contributed by atoms with Gasteiger partial charge in [-0.15, -0.1) is 0 Å². The lowest BCUT2D eigenvalue weighted by molar-refractivity contribution is 0.199. The van der Waals surface area contributed by atoms with Gasteiger partial charge in [0.05, 0.1) is 6.61 Å². The molecule has 0 bridgehead atoms. The standard InChI is InChI=1S/C18H34O6P2/c1-5-16(3)10-11-17(4)8-7-9-18(6-2)12-13-24-14-25(19,20)15-26(21,22)23/h5,8,12H,6-7,9-11,13-15H2,1-4H3,(H,19,20)(H2,21,22,23)/b16-5?,17-8+,18-12-. The van der Waals surface area contributed by atoms with E-state index < -0.39 is 27.2 Å². The van der Waals surface area contributed by atoms with Gasteiger partial charge in [0, 0.05) is 0 Å². The van der Waals surface area contributed by atoms with E-state index in [0.717, 1.165) is 32.1 Å². The van der Waals surface area contributed by atoms with Crippen molar-refractivity contribution in [1.82, 2.24) is 0 Å². The highest BCUT2D eigenvalue weighted by Crippen LogP contribution is 2.54. The largest absolute Gasteiger partial charge is 0.367 e. The van der Waals surface area contributed by atoms with Gasteiger partial charge in [-0.25, -0.2) is 0 Å². The number of hydrogen-bond donors (Lipinski definition) is 3. The zero-order valence-electron chi connectivity index (χ0n) is 16.3. The zero-order chi connectivity index (χ0) is 20.2. The van der Waals surface area contributed by atoms with Crippen LogP contribution in [0.2, 0.25) is 0 Å². The first-order valence-electron chi connectivity index (χ1n) is 8.87. The molecule has 0 radical (unpaired) electrons. The number of ether oxygens (including phenoxy) is 1. The van der Waals surface area contributed by atoms with E-state index in [2.05, 4.69) is 32.9 Å². The lowest BCUT2D eigenvalue weighted by atomic mass is 10.0. The van der Waals surface area contributed by atoms with Crippen LogP contribution in [-0.2, 0) is 13.9 Å². The highest BCUT2D eigenvalue weighted by molar-refractivity contribution is 7.72. The van der Waals surface area contributed by atoms with Crippen molar-refractivity contribution < 1.29 is 28.5 Å². The number of rotatable bonds is 13. The summed E-state index contributed by atoms with van der Waals surface area (Å²) in [7, 11) is -8.48. The van der Waals surface area contributed by atoms with Gasteiger partial charge in [0.1, 0.15) is 12.3 Å². The molecule has 8 heteroatoms. The molecule has 0 aliphatic carbocycles. The van der Waals surface area contributed by atoms with Gasteiger partial charge in [-0.1, -0.05) is 41.9 Å². The molecule has 0 aliphatic rings. The molecule has 0 aromatic rings. The maximum Gasteiger partial charge on any atom is 0.335 e. The topological polar surface area (TPSA) is 104 Å². The summed E-state index contributed by atoms with van der Waals surface area (Å²) in [5, 5.41) is 0. The molecule has 1 atom stereocenters. The molecule has 1 unspecified atom stereocenters. The molecule has 0 heterocycles. The maximum absolute atomic E-state index is 11.6. The molecule has 0 amide bonds. The summed E-state index contributed by atoms with van der Waals surface area (Å²) in [6, 6.07) is 0. The molecule has 0 aromatic carbocycles. The van der Waals surface area contributed by atoms with E-state index in [1.807, 2.05) is 13.0 Å². The molecular weight excluding hydrogens is 374 g/mol. The van der Waals surface area contributed by atoms with Crippen molar-refractivity contribution >= 4 is 15.0 Å². The highest BCUT2D eigenvalue weighted by atomic mass is 31.2. The van der Waals surface area contributed by atoms with Crippen molar-refractivity contribution in [3.05, 3.63) is 34.9 Å². The van der Waals surface area contributed by atoms with Crippen LogP contribution in [0.15, 0.2) is 34.9 Å². The lowest BCUT2D eigenvalue weighted by Gasteiger charge is -2.12. The van der Waals surface area contributed by atoms with Crippen LogP contribution in [0.4, 0.5) is 0 Å². The lowest BCUT2D eigenvalue weighted by Crippen LogP contribution is -2.01. The molecule has 0 saturated heterocycles. The van der Waals surface area contributed by atoms with Gasteiger partial charge in [-0.2, -0.15) is 0 Å². The summed E-state index contributed by atoms with van der Waals surface area (Å²) in [6.45, 7) is 8.54. The third kappa shape index (κ3) is 14.7. The van der Waals surface area contributed by atoms with Crippen LogP contribution >= 0.6 is 15.0 Å². The van der Waals surface area contributed by atoms with E-state index in [0.29, 0.717) is 0 Å². The Labute approximate surface area is 157 Å². The quantitative estimate of drug-likeness (QED) is 0.220. The average Bonchev–Trinajstić information content (AvgIpc) is 2.52. The fourth-order valence-corrected chi connectivity index (χ4v) is 5.29. The van der Waals surface area contributed by atoms with Crippen molar-refractivity contribution in [2.75, 3.05) is 18.9 Å². The average molecular weight is 408 g/mol. The summed E-state index contributed by atoms with van der Waals surface area (Å²) in [4.78, 5) is 27.0. The molecule has 0 rings (SSSR count). The molecule has 0 fully saturated rings. The SMILES string of the molecule is CC=C(C)CC/C(C)=C/CC/C(=C\COCP(=O)(O)CP(=O)(O)O)CC. The Morgan fingerprint density at radius 1 is 1.00 bits per heavy atom. The normalized spacial score (nSPS) is 16.7. The molecule has 0 saturated carbocycles. The second kappa shape index (κ2) is 12.8. The Hall–Kier alpha value is -0.480. The van der Waals surface area contributed by atoms with E-state index in [-0.39, 0.29) is 6.61 Å². The van der Waals surface area contributed by atoms with Gasteiger partial charge < -0.3 is 19.4 Å². The van der Waals surface area contributed by atoms with Gasteiger partial charge in [-0.05, 0) is 52.9 Å². The van der Waals surface area contributed by atoms with Gasteiger partial charge in [0.2, 0.25) is 7.37 Å². The van der Waals surface area contributed by atoms with Gasteiger partial charge >= 0.3 is 7.60 Å². The van der Waals surface area contributed by atoms with E-state index in [9.17, 15) is 14.0 Å². The Bertz CT molecular complexity index is 601. The number of hydrogen-bond acceptors (Lipinski definition) is 3. The van der Waals surface area contributed by atoms with E-state index in [1.54, 1.807) is 0 Å². The van der Waals surface area contributed by atoms with E-state index >= 15 is 0 Å². The van der Waals surface area contributed by atoms with Crippen molar-refractivity contribution in [1.29, 1.82) is 0 Å².